The molecule has 2 heterocycles. The van der Waals surface area contributed by atoms with Gasteiger partial charge >= 0.3 is 0 Å². The number of hydrogen-bond acceptors (Lipinski definition) is 4. The van der Waals surface area contributed by atoms with Crippen molar-refractivity contribution in [3.63, 3.8) is 0 Å². The fourth-order valence-electron chi connectivity index (χ4n) is 5.09. The number of piperazine rings is 1. The van der Waals surface area contributed by atoms with Crippen LogP contribution in [0.5, 0.6) is 5.75 Å². The van der Waals surface area contributed by atoms with Crippen molar-refractivity contribution in [1.82, 2.24) is 14.7 Å². The molecule has 1 atom stereocenters. The minimum Gasteiger partial charge on any atom is -0.497 e. The van der Waals surface area contributed by atoms with Crippen molar-refractivity contribution in [2.24, 2.45) is 5.41 Å². The quantitative estimate of drug-likeness (QED) is 0.713. The Labute approximate surface area is 190 Å². The molecule has 1 unspecified atom stereocenters. The van der Waals surface area contributed by atoms with Crippen molar-refractivity contribution >= 4 is 5.91 Å². The van der Waals surface area contributed by atoms with Gasteiger partial charge in [-0.3, -0.25) is 9.69 Å². The molecule has 0 saturated carbocycles. The van der Waals surface area contributed by atoms with Gasteiger partial charge in [-0.05, 0) is 81.8 Å². The minimum absolute atomic E-state index is 0.160. The largest absolute Gasteiger partial charge is 0.497 e. The van der Waals surface area contributed by atoms with Crippen LogP contribution in [0.4, 0.5) is 4.39 Å². The maximum absolute atomic E-state index is 14.0. The molecular weight excluding hydrogens is 405 g/mol. The number of rotatable bonds is 5. The van der Waals surface area contributed by atoms with Gasteiger partial charge < -0.3 is 14.5 Å². The van der Waals surface area contributed by atoms with E-state index >= 15 is 0 Å². The molecule has 0 spiro atoms. The number of ether oxygens (including phenoxy) is 1. The Morgan fingerprint density at radius 2 is 1.66 bits per heavy atom. The van der Waals surface area contributed by atoms with Crippen molar-refractivity contribution < 1.29 is 13.9 Å². The molecule has 2 aromatic rings. The molecule has 2 aromatic carbocycles. The molecule has 2 aliphatic heterocycles. The first-order valence-electron chi connectivity index (χ1n) is 11.5. The standard InChI is InChI=1S/C26H34FN3O2/c1-28-14-12-26(13-15-28,18-20-4-8-22(27)9-5-20)25(31)30-17-16-29(2)24(19-30)21-6-10-23(32-3)11-7-21/h4-11,24H,12-19H2,1-3H3. The monoisotopic (exact) mass is 439 g/mol. The Hall–Kier alpha value is -2.44. The maximum atomic E-state index is 14.0. The lowest BCUT2D eigenvalue weighted by molar-refractivity contribution is -0.148. The zero-order valence-electron chi connectivity index (χ0n) is 19.4. The third kappa shape index (κ3) is 4.81. The van der Waals surface area contributed by atoms with Crippen LogP contribution < -0.4 is 4.74 Å². The molecule has 2 fully saturated rings. The number of carbonyl (C=O) groups is 1. The molecular formula is C26H34FN3O2. The zero-order valence-corrected chi connectivity index (χ0v) is 19.4. The van der Waals surface area contributed by atoms with E-state index in [4.69, 9.17) is 4.74 Å². The molecule has 0 aliphatic carbocycles. The summed E-state index contributed by atoms with van der Waals surface area (Å²) in [6.45, 7) is 4.08. The van der Waals surface area contributed by atoms with E-state index in [2.05, 4.69) is 40.9 Å². The zero-order chi connectivity index (χ0) is 22.7. The average molecular weight is 440 g/mol. The number of benzene rings is 2. The molecule has 0 aromatic heterocycles. The number of likely N-dealkylation sites (tertiary alicyclic amines) is 1. The number of nitrogens with zero attached hydrogens (tertiary/aromatic N) is 3. The summed E-state index contributed by atoms with van der Waals surface area (Å²) < 4.78 is 18.8. The highest BCUT2D eigenvalue weighted by atomic mass is 19.1. The van der Waals surface area contributed by atoms with Crippen LogP contribution in [-0.4, -0.2) is 74.5 Å². The molecule has 0 bridgehead atoms. The van der Waals surface area contributed by atoms with Gasteiger partial charge in [0.25, 0.3) is 0 Å². The SMILES string of the molecule is COc1ccc(C2CN(C(=O)C3(Cc4ccc(F)cc4)CCN(C)CC3)CCN2C)cc1. The van der Waals surface area contributed by atoms with E-state index < -0.39 is 5.41 Å². The highest BCUT2D eigenvalue weighted by molar-refractivity contribution is 5.83. The van der Waals surface area contributed by atoms with Crippen LogP contribution in [-0.2, 0) is 11.2 Å². The third-order valence-corrected chi connectivity index (χ3v) is 7.29. The number of piperidine rings is 1. The van der Waals surface area contributed by atoms with E-state index in [1.165, 1.54) is 17.7 Å². The Balaban J connectivity index is 1.56. The van der Waals surface area contributed by atoms with Crippen LogP contribution in [0.15, 0.2) is 48.5 Å². The second kappa shape index (κ2) is 9.59. The van der Waals surface area contributed by atoms with Gasteiger partial charge in [0.15, 0.2) is 0 Å². The Morgan fingerprint density at radius 3 is 2.28 bits per heavy atom. The number of hydrogen-bond donors (Lipinski definition) is 0. The topological polar surface area (TPSA) is 36.0 Å². The van der Waals surface area contributed by atoms with E-state index in [0.29, 0.717) is 13.0 Å². The van der Waals surface area contributed by atoms with E-state index in [9.17, 15) is 9.18 Å². The molecule has 2 aliphatic rings. The third-order valence-electron chi connectivity index (χ3n) is 7.29. The number of likely N-dealkylation sites (N-methyl/N-ethyl adjacent to an activating group) is 1. The number of halogens is 1. The Morgan fingerprint density at radius 1 is 1.00 bits per heavy atom. The fourth-order valence-corrected chi connectivity index (χ4v) is 5.09. The molecule has 6 heteroatoms. The van der Waals surface area contributed by atoms with Gasteiger partial charge in [0.1, 0.15) is 11.6 Å². The second-order valence-corrected chi connectivity index (χ2v) is 9.41. The molecule has 4 rings (SSSR count). The van der Waals surface area contributed by atoms with E-state index in [1.807, 2.05) is 24.3 Å². The highest BCUT2D eigenvalue weighted by Gasteiger charge is 2.44. The summed E-state index contributed by atoms with van der Waals surface area (Å²) in [5, 5.41) is 0. The van der Waals surface area contributed by atoms with Crippen LogP contribution in [0.1, 0.15) is 30.0 Å². The Bertz CT molecular complexity index is 908. The summed E-state index contributed by atoms with van der Waals surface area (Å²) in [6, 6.07) is 15.0. The van der Waals surface area contributed by atoms with Crippen LogP contribution in [0.2, 0.25) is 0 Å². The smallest absolute Gasteiger partial charge is 0.229 e. The second-order valence-electron chi connectivity index (χ2n) is 9.41. The van der Waals surface area contributed by atoms with Gasteiger partial charge in [0.05, 0.1) is 18.6 Å². The van der Waals surface area contributed by atoms with E-state index in [1.54, 1.807) is 7.11 Å². The molecule has 2 saturated heterocycles. The number of amides is 1. The van der Waals surface area contributed by atoms with Crippen molar-refractivity contribution in [1.29, 1.82) is 0 Å². The first kappa shape index (κ1) is 22.7. The van der Waals surface area contributed by atoms with Gasteiger partial charge in [-0.1, -0.05) is 24.3 Å². The predicted molar refractivity (Wildman–Crippen MR) is 124 cm³/mol. The lowest BCUT2D eigenvalue weighted by Gasteiger charge is -2.46. The van der Waals surface area contributed by atoms with Crippen LogP contribution in [0.25, 0.3) is 0 Å². The molecule has 5 nitrogen and oxygen atoms in total. The van der Waals surface area contributed by atoms with Gasteiger partial charge in [-0.25, -0.2) is 4.39 Å². The molecule has 32 heavy (non-hydrogen) atoms. The van der Waals surface area contributed by atoms with Gasteiger partial charge in [0.2, 0.25) is 5.91 Å². The summed E-state index contributed by atoms with van der Waals surface area (Å²) in [6.07, 6.45) is 2.33. The first-order valence-corrected chi connectivity index (χ1v) is 11.5. The first-order chi connectivity index (χ1) is 15.4. The van der Waals surface area contributed by atoms with Crippen molar-refractivity contribution in [2.75, 3.05) is 53.9 Å². The van der Waals surface area contributed by atoms with Crippen LogP contribution in [0.3, 0.4) is 0 Å². The average Bonchev–Trinajstić information content (AvgIpc) is 2.82. The molecule has 0 radical (unpaired) electrons. The normalized spacial score (nSPS) is 22.0. The summed E-state index contributed by atoms with van der Waals surface area (Å²) in [4.78, 5) is 20.7. The van der Waals surface area contributed by atoms with E-state index in [0.717, 1.165) is 50.3 Å². The molecule has 1 amide bonds. The number of methoxy groups -OCH3 is 1. The molecule has 0 N–H and O–H groups in total. The van der Waals surface area contributed by atoms with Gasteiger partial charge in [-0.15, -0.1) is 0 Å². The summed E-state index contributed by atoms with van der Waals surface area (Å²) in [5.74, 6) is 0.852. The highest BCUT2D eigenvalue weighted by Crippen LogP contribution is 2.38. The van der Waals surface area contributed by atoms with Gasteiger partial charge in [-0.2, -0.15) is 0 Å². The fraction of sp³-hybridized carbons (Fsp3) is 0.500. The van der Waals surface area contributed by atoms with Crippen molar-refractivity contribution in [3.05, 3.63) is 65.5 Å². The van der Waals surface area contributed by atoms with Crippen LogP contribution in [0, 0.1) is 11.2 Å². The minimum atomic E-state index is -0.426. The van der Waals surface area contributed by atoms with Gasteiger partial charge in [0, 0.05) is 19.6 Å². The Kier molecular flexibility index (Phi) is 6.82. The number of carbonyl (C=O) groups excluding carboxylic acids is 1. The summed E-state index contributed by atoms with van der Waals surface area (Å²) in [5.41, 5.74) is 1.80. The summed E-state index contributed by atoms with van der Waals surface area (Å²) >= 11 is 0. The van der Waals surface area contributed by atoms with E-state index in [-0.39, 0.29) is 17.8 Å². The lowest BCUT2D eigenvalue weighted by atomic mass is 9.72. The summed E-state index contributed by atoms with van der Waals surface area (Å²) in [7, 11) is 5.91. The van der Waals surface area contributed by atoms with Crippen LogP contribution >= 0.6 is 0 Å². The lowest BCUT2D eigenvalue weighted by Crippen LogP contribution is -2.56. The predicted octanol–water partition coefficient (Wildman–Crippen LogP) is 3.60. The van der Waals surface area contributed by atoms with Crippen molar-refractivity contribution in [2.45, 2.75) is 25.3 Å². The molecule has 172 valence electrons. The maximum Gasteiger partial charge on any atom is 0.229 e. The van der Waals surface area contributed by atoms with Crippen molar-refractivity contribution in [3.8, 4) is 5.75 Å².